The molecular formula is C14H11F3N4O. The molecule has 0 spiro atoms. The predicted molar refractivity (Wildman–Crippen MR) is 71.7 cm³/mol. The minimum Gasteiger partial charge on any atom is -0.272 e. The molecule has 1 aliphatic rings. The van der Waals surface area contributed by atoms with Crippen LogP contribution in [0, 0.1) is 0 Å². The largest absolute Gasteiger partial charge is 0.416 e. The molecule has 1 aliphatic heterocycles. The highest BCUT2D eigenvalue weighted by Crippen LogP contribution is 2.32. The van der Waals surface area contributed by atoms with Crippen molar-refractivity contribution in [1.82, 2.24) is 15.4 Å². The van der Waals surface area contributed by atoms with Gasteiger partial charge in [0.15, 0.2) is 5.82 Å². The topological polar surface area (TPSA) is 58.1 Å². The molecule has 1 atom stereocenters. The van der Waals surface area contributed by atoms with Crippen LogP contribution >= 0.6 is 0 Å². The Morgan fingerprint density at radius 3 is 2.77 bits per heavy atom. The summed E-state index contributed by atoms with van der Waals surface area (Å²) in [5.74, 6) is -0.934. The number of aromatic nitrogens is 2. The number of amides is 1. The van der Waals surface area contributed by atoms with Gasteiger partial charge in [-0.3, -0.25) is 9.78 Å². The van der Waals surface area contributed by atoms with E-state index in [0.29, 0.717) is 5.56 Å². The quantitative estimate of drug-likeness (QED) is 0.923. The summed E-state index contributed by atoms with van der Waals surface area (Å²) in [6.07, 6.45) is -0.302. The van der Waals surface area contributed by atoms with E-state index in [9.17, 15) is 18.0 Å². The van der Waals surface area contributed by atoms with Crippen molar-refractivity contribution in [3.8, 4) is 0 Å². The third kappa shape index (κ3) is 2.64. The van der Waals surface area contributed by atoms with Crippen LogP contribution in [0.25, 0.3) is 0 Å². The van der Waals surface area contributed by atoms with Gasteiger partial charge in [-0.1, -0.05) is 6.07 Å². The van der Waals surface area contributed by atoms with E-state index in [-0.39, 0.29) is 18.3 Å². The Hall–Kier alpha value is -2.48. The number of rotatable bonds is 2. The van der Waals surface area contributed by atoms with Crippen molar-refractivity contribution in [2.75, 3.05) is 11.6 Å². The summed E-state index contributed by atoms with van der Waals surface area (Å²) in [4.78, 5) is 20.2. The van der Waals surface area contributed by atoms with E-state index in [4.69, 9.17) is 0 Å². The highest BCUT2D eigenvalue weighted by atomic mass is 19.4. The van der Waals surface area contributed by atoms with Crippen molar-refractivity contribution in [2.45, 2.75) is 12.1 Å². The first kappa shape index (κ1) is 14.5. The zero-order valence-electron chi connectivity index (χ0n) is 11.2. The fraction of sp³-hybridized carbons (Fsp3) is 0.214. The molecule has 0 saturated carbocycles. The molecule has 1 amide bonds. The van der Waals surface area contributed by atoms with Crippen LogP contribution in [0.5, 0.6) is 0 Å². The molecule has 114 valence electrons. The lowest BCUT2D eigenvalue weighted by atomic mass is 10.0. The second-order valence-electron chi connectivity index (χ2n) is 4.78. The lowest BCUT2D eigenvalue weighted by molar-refractivity contribution is -0.137. The minimum atomic E-state index is -4.48. The Morgan fingerprint density at radius 1 is 1.27 bits per heavy atom. The molecule has 3 rings (SSSR count). The number of halogens is 3. The molecule has 2 aromatic heterocycles. The molecule has 3 heterocycles. The summed E-state index contributed by atoms with van der Waals surface area (Å²) >= 11 is 0. The van der Waals surface area contributed by atoms with Crippen molar-refractivity contribution in [3.05, 3.63) is 54.0 Å². The van der Waals surface area contributed by atoms with Gasteiger partial charge in [-0.05, 0) is 23.8 Å². The van der Waals surface area contributed by atoms with Crippen molar-refractivity contribution >= 4 is 11.7 Å². The molecule has 5 nitrogen and oxygen atoms in total. The number of carbonyl (C=O) groups is 1. The summed E-state index contributed by atoms with van der Waals surface area (Å²) in [5.41, 5.74) is 2.63. The summed E-state index contributed by atoms with van der Waals surface area (Å²) < 4.78 is 38.2. The second-order valence-corrected chi connectivity index (χ2v) is 4.78. The SMILES string of the molecule is O=C1C(c2cccnc2)CNN1c1cc(C(F)(F)F)ccn1. The average Bonchev–Trinajstić information content (AvgIpc) is 2.89. The first-order chi connectivity index (χ1) is 10.5. The Morgan fingerprint density at radius 2 is 2.09 bits per heavy atom. The van der Waals surface area contributed by atoms with Crippen LogP contribution in [0.15, 0.2) is 42.9 Å². The molecular weight excluding hydrogens is 297 g/mol. The number of carbonyl (C=O) groups excluding carboxylic acids is 1. The average molecular weight is 308 g/mol. The van der Waals surface area contributed by atoms with Crippen LogP contribution < -0.4 is 10.4 Å². The number of hydrazine groups is 1. The van der Waals surface area contributed by atoms with Gasteiger partial charge in [0.25, 0.3) is 5.91 Å². The summed E-state index contributed by atoms with van der Waals surface area (Å²) in [6, 6.07) is 5.16. The summed E-state index contributed by atoms with van der Waals surface area (Å²) in [5, 5.41) is 1.05. The van der Waals surface area contributed by atoms with Crippen LogP contribution in [-0.2, 0) is 11.0 Å². The Kier molecular flexibility index (Phi) is 3.53. The molecule has 0 radical (unpaired) electrons. The standard InChI is InChI=1S/C14H11F3N4O/c15-14(16,17)10-3-5-19-12(6-10)21-13(22)11(8-20-21)9-2-1-4-18-7-9/h1-7,11,20H,8H2. The maximum Gasteiger partial charge on any atom is 0.416 e. The van der Waals surface area contributed by atoms with Gasteiger partial charge < -0.3 is 0 Å². The second kappa shape index (κ2) is 5.38. The van der Waals surface area contributed by atoms with Gasteiger partial charge in [-0.25, -0.2) is 15.4 Å². The molecule has 22 heavy (non-hydrogen) atoms. The molecule has 0 aliphatic carbocycles. The number of pyridine rings is 2. The number of anilines is 1. The monoisotopic (exact) mass is 308 g/mol. The molecule has 1 N–H and O–H groups in total. The zero-order chi connectivity index (χ0) is 15.7. The highest BCUT2D eigenvalue weighted by molar-refractivity contribution is 5.98. The van der Waals surface area contributed by atoms with E-state index in [1.165, 1.54) is 0 Å². The Labute approximate surface area is 123 Å². The van der Waals surface area contributed by atoms with E-state index in [1.54, 1.807) is 24.5 Å². The van der Waals surface area contributed by atoms with Crippen molar-refractivity contribution in [3.63, 3.8) is 0 Å². The normalized spacial score (nSPS) is 18.8. The fourth-order valence-corrected chi connectivity index (χ4v) is 2.26. The van der Waals surface area contributed by atoms with Crippen molar-refractivity contribution < 1.29 is 18.0 Å². The van der Waals surface area contributed by atoms with Gasteiger partial charge in [0, 0.05) is 25.1 Å². The summed E-state index contributed by atoms with van der Waals surface area (Å²) in [7, 11) is 0. The van der Waals surface area contributed by atoms with Gasteiger partial charge in [-0.15, -0.1) is 0 Å². The van der Waals surface area contributed by atoms with Crippen molar-refractivity contribution in [1.29, 1.82) is 0 Å². The first-order valence-electron chi connectivity index (χ1n) is 6.47. The molecule has 2 aromatic rings. The number of hydrogen-bond acceptors (Lipinski definition) is 4. The molecule has 8 heteroatoms. The van der Waals surface area contributed by atoms with Crippen LogP contribution in [0.4, 0.5) is 19.0 Å². The molecule has 1 fully saturated rings. The Balaban J connectivity index is 1.87. The van der Waals surface area contributed by atoms with Crippen LogP contribution in [0.1, 0.15) is 17.0 Å². The number of nitrogens with zero attached hydrogens (tertiary/aromatic N) is 3. The molecule has 1 unspecified atom stereocenters. The van der Waals surface area contributed by atoms with Gasteiger partial charge in [-0.2, -0.15) is 13.2 Å². The number of alkyl halides is 3. The van der Waals surface area contributed by atoms with E-state index in [2.05, 4.69) is 15.4 Å². The van der Waals surface area contributed by atoms with Gasteiger partial charge in [0.2, 0.25) is 0 Å². The summed E-state index contributed by atoms with van der Waals surface area (Å²) in [6.45, 7) is 0.280. The molecule has 0 aromatic carbocycles. The van der Waals surface area contributed by atoms with Gasteiger partial charge >= 0.3 is 6.18 Å². The molecule has 1 saturated heterocycles. The van der Waals surface area contributed by atoms with Crippen LogP contribution in [0.3, 0.4) is 0 Å². The third-order valence-electron chi connectivity index (χ3n) is 3.36. The van der Waals surface area contributed by atoms with E-state index in [1.807, 2.05) is 0 Å². The lowest BCUT2D eigenvalue weighted by Gasteiger charge is -2.16. The van der Waals surface area contributed by atoms with E-state index >= 15 is 0 Å². The van der Waals surface area contributed by atoms with Crippen LogP contribution in [-0.4, -0.2) is 22.4 Å². The maximum absolute atomic E-state index is 12.7. The van der Waals surface area contributed by atoms with Gasteiger partial charge in [0.1, 0.15) is 0 Å². The lowest BCUT2D eigenvalue weighted by Crippen LogP contribution is -2.35. The minimum absolute atomic E-state index is 0.0776. The van der Waals surface area contributed by atoms with Crippen LogP contribution in [0.2, 0.25) is 0 Å². The smallest absolute Gasteiger partial charge is 0.272 e. The third-order valence-corrected chi connectivity index (χ3v) is 3.36. The first-order valence-corrected chi connectivity index (χ1v) is 6.47. The predicted octanol–water partition coefficient (Wildman–Crippen LogP) is 2.13. The van der Waals surface area contributed by atoms with Gasteiger partial charge in [0.05, 0.1) is 11.5 Å². The zero-order valence-corrected chi connectivity index (χ0v) is 11.2. The van der Waals surface area contributed by atoms with Crippen molar-refractivity contribution in [2.24, 2.45) is 0 Å². The van der Waals surface area contributed by atoms with E-state index in [0.717, 1.165) is 23.3 Å². The highest BCUT2D eigenvalue weighted by Gasteiger charge is 2.36. The van der Waals surface area contributed by atoms with E-state index < -0.39 is 17.7 Å². The Bertz CT molecular complexity index is 690. The maximum atomic E-state index is 12.7. The molecule has 0 bridgehead atoms. The number of nitrogens with one attached hydrogen (secondary N) is 1. The number of hydrogen-bond donors (Lipinski definition) is 1. The fourth-order valence-electron chi connectivity index (χ4n) is 2.26.